The summed E-state index contributed by atoms with van der Waals surface area (Å²) in [6, 6.07) is 2.11. The number of likely N-dealkylation sites (tertiary alicyclic amines) is 1. The summed E-state index contributed by atoms with van der Waals surface area (Å²) >= 11 is 0. The van der Waals surface area contributed by atoms with Crippen LogP contribution < -0.4 is 0 Å². The zero-order valence-corrected chi connectivity index (χ0v) is 7.70. The van der Waals surface area contributed by atoms with Gasteiger partial charge in [0.15, 0.2) is 0 Å². The molecule has 0 spiro atoms. The smallest absolute Gasteiger partial charge is 0.0628 e. The quantitative estimate of drug-likeness (QED) is 0.637. The SMILES string of the molecule is CN1CC(Cc2ccn(C)n2)C1. The van der Waals surface area contributed by atoms with Crippen LogP contribution >= 0.6 is 0 Å². The van der Waals surface area contributed by atoms with E-state index in [0.29, 0.717) is 0 Å². The molecule has 3 heteroatoms. The Hall–Kier alpha value is -0.830. The van der Waals surface area contributed by atoms with E-state index in [1.807, 2.05) is 17.9 Å². The molecule has 0 unspecified atom stereocenters. The normalized spacial score (nSPS) is 19.5. The summed E-state index contributed by atoms with van der Waals surface area (Å²) < 4.78 is 1.87. The molecule has 12 heavy (non-hydrogen) atoms. The molecule has 1 aromatic heterocycles. The Morgan fingerprint density at radius 3 is 2.75 bits per heavy atom. The Morgan fingerprint density at radius 2 is 2.25 bits per heavy atom. The minimum Gasteiger partial charge on any atom is -0.306 e. The molecule has 0 bridgehead atoms. The van der Waals surface area contributed by atoms with Crippen molar-refractivity contribution in [2.24, 2.45) is 13.0 Å². The van der Waals surface area contributed by atoms with Crippen LogP contribution in [0.1, 0.15) is 5.69 Å². The first-order valence-corrected chi connectivity index (χ1v) is 4.41. The molecule has 0 radical (unpaired) electrons. The molecule has 2 rings (SSSR count). The molecule has 0 saturated carbocycles. The third-order valence-corrected chi connectivity index (χ3v) is 2.41. The first-order chi connectivity index (χ1) is 5.74. The first kappa shape index (κ1) is 7.80. The second kappa shape index (κ2) is 2.90. The largest absolute Gasteiger partial charge is 0.306 e. The van der Waals surface area contributed by atoms with Crippen molar-refractivity contribution in [1.82, 2.24) is 14.7 Å². The van der Waals surface area contributed by atoms with Crippen molar-refractivity contribution < 1.29 is 0 Å². The van der Waals surface area contributed by atoms with Crippen molar-refractivity contribution in [2.45, 2.75) is 6.42 Å². The van der Waals surface area contributed by atoms with Crippen molar-refractivity contribution in [3.8, 4) is 0 Å². The van der Waals surface area contributed by atoms with Gasteiger partial charge in [-0.2, -0.15) is 5.10 Å². The van der Waals surface area contributed by atoms with Gasteiger partial charge in [-0.15, -0.1) is 0 Å². The highest BCUT2D eigenvalue weighted by molar-refractivity contribution is 5.01. The van der Waals surface area contributed by atoms with E-state index in [2.05, 4.69) is 23.1 Å². The molecule has 1 fully saturated rings. The molecule has 3 nitrogen and oxygen atoms in total. The fraction of sp³-hybridized carbons (Fsp3) is 0.667. The average Bonchev–Trinajstić information content (AvgIpc) is 2.33. The molecular weight excluding hydrogens is 150 g/mol. The maximum Gasteiger partial charge on any atom is 0.0628 e. The molecule has 66 valence electrons. The molecule has 2 heterocycles. The lowest BCUT2D eigenvalue weighted by Gasteiger charge is -2.35. The van der Waals surface area contributed by atoms with Gasteiger partial charge in [0.25, 0.3) is 0 Å². The van der Waals surface area contributed by atoms with Crippen molar-refractivity contribution >= 4 is 0 Å². The van der Waals surface area contributed by atoms with Crippen LogP contribution in [0.5, 0.6) is 0 Å². The molecule has 0 aliphatic carbocycles. The van der Waals surface area contributed by atoms with Crippen LogP contribution in [0.3, 0.4) is 0 Å². The van der Waals surface area contributed by atoms with Gasteiger partial charge in [0.2, 0.25) is 0 Å². The van der Waals surface area contributed by atoms with Crippen LogP contribution in [0.15, 0.2) is 12.3 Å². The first-order valence-electron chi connectivity index (χ1n) is 4.41. The van der Waals surface area contributed by atoms with Crippen molar-refractivity contribution in [2.75, 3.05) is 20.1 Å². The summed E-state index contributed by atoms with van der Waals surface area (Å²) in [7, 11) is 4.13. The lowest BCUT2D eigenvalue weighted by Crippen LogP contribution is -2.44. The van der Waals surface area contributed by atoms with Crippen LogP contribution in [0.2, 0.25) is 0 Å². The third kappa shape index (κ3) is 1.50. The minimum atomic E-state index is 0.838. The van der Waals surface area contributed by atoms with Gasteiger partial charge in [0.05, 0.1) is 5.69 Å². The molecule has 0 amide bonds. The Kier molecular flexibility index (Phi) is 1.89. The van der Waals surface area contributed by atoms with E-state index >= 15 is 0 Å². The highest BCUT2D eigenvalue weighted by Crippen LogP contribution is 2.16. The maximum atomic E-state index is 4.36. The molecule has 1 aliphatic rings. The zero-order chi connectivity index (χ0) is 8.55. The summed E-state index contributed by atoms with van der Waals surface area (Å²) in [6.45, 7) is 2.47. The van der Waals surface area contributed by atoms with E-state index in [1.54, 1.807) is 0 Å². The van der Waals surface area contributed by atoms with Crippen LogP contribution in [-0.4, -0.2) is 34.8 Å². The molecule has 0 N–H and O–H groups in total. The van der Waals surface area contributed by atoms with Crippen molar-refractivity contribution in [3.05, 3.63) is 18.0 Å². The standard InChI is InChI=1S/C9H15N3/c1-11-6-8(7-11)5-9-3-4-12(2)10-9/h3-4,8H,5-7H2,1-2H3. The minimum absolute atomic E-state index is 0.838. The van der Waals surface area contributed by atoms with Gasteiger partial charge in [-0.05, 0) is 25.5 Å². The predicted octanol–water partition coefficient (Wildman–Crippen LogP) is 0.524. The number of hydrogen-bond donors (Lipinski definition) is 0. The second-order valence-corrected chi connectivity index (χ2v) is 3.77. The van der Waals surface area contributed by atoms with E-state index in [1.165, 1.54) is 18.8 Å². The van der Waals surface area contributed by atoms with E-state index in [4.69, 9.17) is 0 Å². The van der Waals surface area contributed by atoms with Gasteiger partial charge in [-0.1, -0.05) is 0 Å². The average molecular weight is 165 g/mol. The van der Waals surface area contributed by atoms with Gasteiger partial charge in [-0.25, -0.2) is 0 Å². The Morgan fingerprint density at radius 1 is 1.50 bits per heavy atom. The highest BCUT2D eigenvalue weighted by Gasteiger charge is 2.23. The Balaban J connectivity index is 1.88. The number of hydrogen-bond acceptors (Lipinski definition) is 2. The lowest BCUT2D eigenvalue weighted by molar-refractivity contribution is 0.134. The molecule has 1 aliphatic heterocycles. The van der Waals surface area contributed by atoms with Crippen LogP contribution in [0.4, 0.5) is 0 Å². The van der Waals surface area contributed by atoms with Gasteiger partial charge in [0, 0.05) is 26.3 Å². The summed E-state index contributed by atoms with van der Waals surface area (Å²) in [6.07, 6.45) is 3.16. The van der Waals surface area contributed by atoms with Gasteiger partial charge in [-0.3, -0.25) is 4.68 Å². The fourth-order valence-corrected chi connectivity index (χ4v) is 1.82. The fourth-order valence-electron chi connectivity index (χ4n) is 1.82. The number of aryl methyl sites for hydroxylation is 1. The summed E-state index contributed by atoms with van der Waals surface area (Å²) in [5.41, 5.74) is 1.23. The van der Waals surface area contributed by atoms with Crippen molar-refractivity contribution in [1.29, 1.82) is 0 Å². The number of nitrogens with zero attached hydrogens (tertiary/aromatic N) is 3. The van der Waals surface area contributed by atoms with Crippen LogP contribution in [0, 0.1) is 5.92 Å². The molecule has 0 aromatic carbocycles. The summed E-state index contributed by atoms with van der Waals surface area (Å²) in [5, 5.41) is 4.36. The second-order valence-electron chi connectivity index (χ2n) is 3.77. The van der Waals surface area contributed by atoms with Gasteiger partial charge >= 0.3 is 0 Å². The monoisotopic (exact) mass is 165 g/mol. The molecule has 1 saturated heterocycles. The summed E-state index contributed by atoms with van der Waals surface area (Å²) in [5.74, 6) is 0.838. The maximum absolute atomic E-state index is 4.36. The molecular formula is C9H15N3. The Labute approximate surface area is 73.0 Å². The topological polar surface area (TPSA) is 21.1 Å². The van der Waals surface area contributed by atoms with Gasteiger partial charge in [0.1, 0.15) is 0 Å². The van der Waals surface area contributed by atoms with Crippen molar-refractivity contribution in [3.63, 3.8) is 0 Å². The van der Waals surface area contributed by atoms with E-state index < -0.39 is 0 Å². The Bertz CT molecular complexity index is 260. The zero-order valence-electron chi connectivity index (χ0n) is 7.70. The van der Waals surface area contributed by atoms with Crippen LogP contribution in [-0.2, 0) is 13.5 Å². The third-order valence-electron chi connectivity index (χ3n) is 2.41. The lowest BCUT2D eigenvalue weighted by atomic mass is 9.96. The molecule has 0 atom stereocenters. The van der Waals surface area contributed by atoms with Crippen LogP contribution in [0.25, 0.3) is 0 Å². The van der Waals surface area contributed by atoms with E-state index in [0.717, 1.165) is 12.3 Å². The number of rotatable bonds is 2. The van der Waals surface area contributed by atoms with Gasteiger partial charge < -0.3 is 4.90 Å². The highest BCUT2D eigenvalue weighted by atomic mass is 15.2. The molecule has 1 aromatic rings. The summed E-state index contributed by atoms with van der Waals surface area (Å²) in [4.78, 5) is 2.34. The van der Waals surface area contributed by atoms with E-state index in [9.17, 15) is 0 Å². The predicted molar refractivity (Wildman–Crippen MR) is 47.9 cm³/mol. The number of aromatic nitrogens is 2. The van der Waals surface area contributed by atoms with E-state index in [-0.39, 0.29) is 0 Å².